The van der Waals surface area contributed by atoms with Crippen LogP contribution in [0.5, 0.6) is 0 Å². The molecule has 0 aliphatic heterocycles. The first kappa shape index (κ1) is 12.3. The fraction of sp³-hybridized carbons (Fsp3) is 0.133. The maximum absolute atomic E-state index is 13.2. The zero-order valence-corrected chi connectivity index (χ0v) is 10.4. The molecule has 0 fully saturated rings. The fourth-order valence-electron chi connectivity index (χ4n) is 1.77. The Hall–Kier alpha value is -2.16. The molecular weight excluding hydrogens is 229 g/mol. The van der Waals surface area contributed by atoms with Crippen LogP contribution in [-0.2, 0) is 0 Å². The molecule has 0 aliphatic rings. The van der Waals surface area contributed by atoms with Crippen LogP contribution in [0.15, 0.2) is 42.5 Å². The summed E-state index contributed by atoms with van der Waals surface area (Å²) in [7, 11) is 3.94. The van der Waals surface area contributed by atoms with Gasteiger partial charge in [-0.3, -0.25) is 4.79 Å². The molecule has 92 valence electrons. The van der Waals surface area contributed by atoms with Crippen molar-refractivity contribution in [3.63, 3.8) is 0 Å². The summed E-state index contributed by atoms with van der Waals surface area (Å²) < 4.78 is 13.2. The van der Waals surface area contributed by atoms with Crippen molar-refractivity contribution < 1.29 is 9.18 Å². The molecule has 0 N–H and O–H groups in total. The Bertz CT molecular complexity index is 561. The summed E-state index contributed by atoms with van der Waals surface area (Å²) in [4.78, 5) is 12.7. The molecule has 2 aromatic carbocycles. The average molecular weight is 243 g/mol. The molecule has 18 heavy (non-hydrogen) atoms. The summed E-state index contributed by atoms with van der Waals surface area (Å²) in [6.07, 6.45) is 0.535. The molecular formula is C15H14FNO. The number of anilines is 1. The molecule has 0 unspecified atom stereocenters. The van der Waals surface area contributed by atoms with Gasteiger partial charge in [-0.1, -0.05) is 18.2 Å². The normalized spacial score (nSPS) is 10.2. The van der Waals surface area contributed by atoms with Crippen LogP contribution in [0, 0.1) is 5.82 Å². The van der Waals surface area contributed by atoms with Crippen molar-refractivity contribution in [2.24, 2.45) is 0 Å². The lowest BCUT2D eigenvalue weighted by atomic mass is 10.0. The van der Waals surface area contributed by atoms with Gasteiger partial charge in [-0.05, 0) is 35.4 Å². The number of halogens is 1. The Morgan fingerprint density at radius 3 is 2.17 bits per heavy atom. The summed E-state index contributed by atoms with van der Waals surface area (Å²) in [5, 5.41) is 0. The number of hydrogen-bond acceptors (Lipinski definition) is 2. The largest absolute Gasteiger partial charge is 0.378 e. The molecule has 0 spiro atoms. The molecule has 0 aromatic heterocycles. The van der Waals surface area contributed by atoms with Crippen LogP contribution in [0.4, 0.5) is 10.1 Å². The molecule has 2 nitrogen and oxygen atoms in total. The van der Waals surface area contributed by atoms with Crippen LogP contribution in [0.2, 0.25) is 0 Å². The third-order valence-electron chi connectivity index (χ3n) is 2.84. The molecule has 0 amide bonds. The van der Waals surface area contributed by atoms with Gasteiger partial charge in [-0.25, -0.2) is 4.39 Å². The number of carbonyl (C=O) groups excluding carboxylic acids is 1. The molecule has 2 rings (SSSR count). The van der Waals surface area contributed by atoms with Gasteiger partial charge in [-0.2, -0.15) is 0 Å². The third kappa shape index (κ3) is 2.40. The molecule has 0 saturated carbocycles. The van der Waals surface area contributed by atoms with Gasteiger partial charge in [0, 0.05) is 19.8 Å². The van der Waals surface area contributed by atoms with E-state index in [0.717, 1.165) is 16.8 Å². The fourth-order valence-corrected chi connectivity index (χ4v) is 1.77. The topological polar surface area (TPSA) is 20.3 Å². The lowest BCUT2D eigenvalue weighted by Gasteiger charge is -2.12. The van der Waals surface area contributed by atoms with Crippen LogP contribution in [0.1, 0.15) is 10.4 Å². The number of rotatable bonds is 3. The first-order valence-electron chi connectivity index (χ1n) is 5.64. The highest BCUT2D eigenvalue weighted by Gasteiger charge is 2.04. The molecule has 0 radical (unpaired) electrons. The molecule has 3 heteroatoms. The molecule has 0 saturated heterocycles. The van der Waals surface area contributed by atoms with E-state index in [1.807, 2.05) is 43.3 Å². The molecule has 0 aliphatic carbocycles. The van der Waals surface area contributed by atoms with E-state index < -0.39 is 5.82 Å². The van der Waals surface area contributed by atoms with Crippen LogP contribution in [0.3, 0.4) is 0 Å². The monoisotopic (exact) mass is 243 g/mol. The van der Waals surface area contributed by atoms with Gasteiger partial charge in [0.25, 0.3) is 0 Å². The quantitative estimate of drug-likeness (QED) is 0.770. The number of benzene rings is 2. The maximum atomic E-state index is 13.2. The number of hydrogen-bond donors (Lipinski definition) is 0. The van der Waals surface area contributed by atoms with Gasteiger partial charge in [0.1, 0.15) is 5.82 Å². The highest BCUT2D eigenvalue weighted by Crippen LogP contribution is 2.23. The van der Waals surface area contributed by atoms with Gasteiger partial charge in [0.2, 0.25) is 0 Å². The zero-order valence-electron chi connectivity index (χ0n) is 10.4. The Kier molecular flexibility index (Phi) is 3.42. The standard InChI is InChI=1S/C15H14FNO/c1-17(2)14-6-3-11(4-7-14)12-5-8-15(16)13(9-12)10-18/h3-10H,1-2H3. The number of carbonyl (C=O) groups is 1. The van der Waals surface area contributed by atoms with Gasteiger partial charge in [0.05, 0.1) is 5.56 Å². The van der Waals surface area contributed by atoms with Crippen molar-refractivity contribution >= 4 is 12.0 Å². The molecule has 0 atom stereocenters. The molecule has 0 heterocycles. The molecule has 2 aromatic rings. The third-order valence-corrected chi connectivity index (χ3v) is 2.84. The lowest BCUT2D eigenvalue weighted by molar-refractivity contribution is 0.112. The van der Waals surface area contributed by atoms with E-state index in [4.69, 9.17) is 0 Å². The van der Waals surface area contributed by atoms with E-state index in [-0.39, 0.29) is 5.56 Å². The molecule has 0 bridgehead atoms. The second kappa shape index (κ2) is 5.00. The van der Waals surface area contributed by atoms with Crippen LogP contribution >= 0.6 is 0 Å². The van der Waals surface area contributed by atoms with E-state index in [0.29, 0.717) is 6.29 Å². The van der Waals surface area contributed by atoms with Crippen molar-refractivity contribution in [1.82, 2.24) is 0 Å². The first-order chi connectivity index (χ1) is 8.61. The van der Waals surface area contributed by atoms with Gasteiger partial charge in [0.15, 0.2) is 6.29 Å². The van der Waals surface area contributed by atoms with Crippen molar-refractivity contribution in [1.29, 1.82) is 0 Å². The highest BCUT2D eigenvalue weighted by molar-refractivity contribution is 5.79. The number of nitrogens with zero attached hydrogens (tertiary/aromatic N) is 1. The van der Waals surface area contributed by atoms with Gasteiger partial charge >= 0.3 is 0 Å². The number of aldehydes is 1. The SMILES string of the molecule is CN(C)c1ccc(-c2ccc(F)c(C=O)c2)cc1. The Balaban J connectivity index is 2.39. The second-order valence-electron chi connectivity index (χ2n) is 4.30. The van der Waals surface area contributed by atoms with E-state index in [1.165, 1.54) is 6.07 Å². The predicted octanol–water partition coefficient (Wildman–Crippen LogP) is 3.37. The van der Waals surface area contributed by atoms with E-state index in [9.17, 15) is 9.18 Å². The Labute approximate surface area is 106 Å². The van der Waals surface area contributed by atoms with Crippen molar-refractivity contribution in [3.8, 4) is 11.1 Å². The first-order valence-corrected chi connectivity index (χ1v) is 5.64. The minimum atomic E-state index is -0.487. The van der Waals surface area contributed by atoms with Crippen LogP contribution in [0.25, 0.3) is 11.1 Å². The van der Waals surface area contributed by atoms with Gasteiger partial charge < -0.3 is 4.90 Å². The van der Waals surface area contributed by atoms with Crippen molar-refractivity contribution in [3.05, 3.63) is 53.8 Å². The van der Waals surface area contributed by atoms with E-state index in [1.54, 1.807) is 12.1 Å². The summed E-state index contributed by atoms with van der Waals surface area (Å²) >= 11 is 0. The van der Waals surface area contributed by atoms with E-state index in [2.05, 4.69) is 0 Å². The zero-order chi connectivity index (χ0) is 13.1. The minimum absolute atomic E-state index is 0.0872. The average Bonchev–Trinajstić information content (AvgIpc) is 2.39. The summed E-state index contributed by atoms with van der Waals surface area (Å²) in [6.45, 7) is 0. The summed E-state index contributed by atoms with van der Waals surface area (Å²) in [6, 6.07) is 12.4. The second-order valence-corrected chi connectivity index (χ2v) is 4.30. The van der Waals surface area contributed by atoms with E-state index >= 15 is 0 Å². The van der Waals surface area contributed by atoms with Crippen LogP contribution in [-0.4, -0.2) is 20.4 Å². The highest BCUT2D eigenvalue weighted by atomic mass is 19.1. The smallest absolute Gasteiger partial charge is 0.153 e. The van der Waals surface area contributed by atoms with Crippen LogP contribution < -0.4 is 4.90 Å². The van der Waals surface area contributed by atoms with Crippen molar-refractivity contribution in [2.45, 2.75) is 0 Å². The maximum Gasteiger partial charge on any atom is 0.153 e. The van der Waals surface area contributed by atoms with Crippen molar-refractivity contribution in [2.75, 3.05) is 19.0 Å². The predicted molar refractivity (Wildman–Crippen MR) is 71.6 cm³/mol. The van der Waals surface area contributed by atoms with Gasteiger partial charge in [-0.15, -0.1) is 0 Å². The Morgan fingerprint density at radius 2 is 1.61 bits per heavy atom. The summed E-state index contributed by atoms with van der Waals surface area (Å²) in [5.74, 6) is -0.487. The summed E-state index contributed by atoms with van der Waals surface area (Å²) in [5.41, 5.74) is 2.98. The minimum Gasteiger partial charge on any atom is -0.378 e. The Morgan fingerprint density at radius 1 is 1.00 bits per heavy atom. The lowest BCUT2D eigenvalue weighted by Crippen LogP contribution is -2.07.